The smallest absolute Gasteiger partial charge is 0.163 e. The summed E-state index contributed by atoms with van der Waals surface area (Å²) in [5.41, 5.74) is 2.35. The lowest BCUT2D eigenvalue weighted by atomic mass is 10.1. The molecule has 0 fully saturated rings. The molecular weight excluding hydrogens is 258 g/mol. The second kappa shape index (κ2) is 5.73. The highest BCUT2D eigenvalue weighted by Gasteiger charge is 2.15. The van der Waals surface area contributed by atoms with E-state index < -0.39 is 0 Å². The van der Waals surface area contributed by atoms with Gasteiger partial charge in [0.15, 0.2) is 5.69 Å². The highest BCUT2D eigenvalue weighted by molar-refractivity contribution is 6.30. The largest absolute Gasteiger partial charge is 0.365 e. The molecule has 1 atom stereocenters. The number of pyridine rings is 1. The van der Waals surface area contributed by atoms with Crippen LogP contribution in [0.25, 0.3) is 0 Å². The Morgan fingerprint density at radius 2 is 2.11 bits per heavy atom. The molecule has 0 N–H and O–H groups in total. The van der Waals surface area contributed by atoms with E-state index in [9.17, 15) is 0 Å². The maximum atomic E-state index is 9.10. The normalized spacial score (nSPS) is 11.7. The van der Waals surface area contributed by atoms with Crippen molar-refractivity contribution >= 4 is 17.3 Å². The van der Waals surface area contributed by atoms with Crippen LogP contribution in [0.4, 0.5) is 5.69 Å². The summed E-state index contributed by atoms with van der Waals surface area (Å²) in [4.78, 5) is 6.11. The van der Waals surface area contributed by atoms with Crippen LogP contribution in [0.3, 0.4) is 0 Å². The van der Waals surface area contributed by atoms with Gasteiger partial charge in [-0.25, -0.2) is 4.98 Å². The standard InChI is InChI=1S/C15H14ClN3/c1-11(12-5-3-6-13(16)9-12)19(2)15-7-4-8-18-14(15)10-17/h3-9,11H,1-2H3. The molecule has 96 valence electrons. The van der Waals surface area contributed by atoms with Gasteiger partial charge in [0, 0.05) is 18.3 Å². The topological polar surface area (TPSA) is 39.9 Å². The van der Waals surface area contributed by atoms with Crippen molar-refractivity contribution in [1.29, 1.82) is 5.26 Å². The van der Waals surface area contributed by atoms with Crippen molar-refractivity contribution < 1.29 is 0 Å². The van der Waals surface area contributed by atoms with Gasteiger partial charge in [-0.1, -0.05) is 23.7 Å². The third-order valence-electron chi connectivity index (χ3n) is 3.18. The number of nitrogens with zero attached hydrogens (tertiary/aromatic N) is 3. The Bertz CT molecular complexity index is 619. The molecule has 0 saturated carbocycles. The predicted octanol–water partition coefficient (Wildman–Crippen LogP) is 3.80. The van der Waals surface area contributed by atoms with E-state index >= 15 is 0 Å². The minimum atomic E-state index is 0.106. The number of nitriles is 1. The third-order valence-corrected chi connectivity index (χ3v) is 3.42. The van der Waals surface area contributed by atoms with E-state index in [0.29, 0.717) is 10.7 Å². The molecule has 0 radical (unpaired) electrons. The fourth-order valence-corrected chi connectivity index (χ4v) is 2.16. The number of benzene rings is 1. The van der Waals surface area contributed by atoms with Gasteiger partial charge in [0.25, 0.3) is 0 Å². The van der Waals surface area contributed by atoms with E-state index in [2.05, 4.69) is 18.0 Å². The molecule has 1 aromatic heterocycles. The first-order valence-corrected chi connectivity index (χ1v) is 6.34. The fourth-order valence-electron chi connectivity index (χ4n) is 1.97. The summed E-state index contributed by atoms with van der Waals surface area (Å²) in [7, 11) is 1.95. The summed E-state index contributed by atoms with van der Waals surface area (Å²) >= 11 is 6.01. The van der Waals surface area contributed by atoms with Gasteiger partial charge in [-0.15, -0.1) is 0 Å². The minimum Gasteiger partial charge on any atom is -0.365 e. The molecule has 19 heavy (non-hydrogen) atoms. The second-order valence-corrected chi connectivity index (χ2v) is 4.76. The van der Waals surface area contributed by atoms with E-state index in [0.717, 1.165) is 11.3 Å². The molecule has 0 saturated heterocycles. The monoisotopic (exact) mass is 271 g/mol. The lowest BCUT2D eigenvalue weighted by Crippen LogP contribution is -2.22. The molecule has 0 bridgehead atoms. The molecule has 0 aliphatic rings. The molecule has 1 heterocycles. The molecule has 0 aliphatic heterocycles. The molecule has 0 amide bonds. The van der Waals surface area contributed by atoms with Crippen LogP contribution >= 0.6 is 11.6 Å². The Morgan fingerprint density at radius 1 is 1.32 bits per heavy atom. The van der Waals surface area contributed by atoms with Gasteiger partial charge < -0.3 is 4.90 Å². The zero-order valence-electron chi connectivity index (χ0n) is 10.8. The highest BCUT2D eigenvalue weighted by Crippen LogP contribution is 2.27. The molecule has 2 rings (SSSR count). The molecular formula is C15H14ClN3. The predicted molar refractivity (Wildman–Crippen MR) is 77.2 cm³/mol. The van der Waals surface area contributed by atoms with Gasteiger partial charge >= 0.3 is 0 Å². The van der Waals surface area contributed by atoms with Crippen LogP contribution in [0.15, 0.2) is 42.6 Å². The van der Waals surface area contributed by atoms with Gasteiger partial charge in [0.2, 0.25) is 0 Å². The molecule has 0 aliphatic carbocycles. The fraction of sp³-hybridized carbons (Fsp3) is 0.200. The summed E-state index contributed by atoms with van der Waals surface area (Å²) in [6, 6.07) is 13.7. The van der Waals surface area contributed by atoms with Crippen LogP contribution in [-0.4, -0.2) is 12.0 Å². The van der Waals surface area contributed by atoms with E-state index in [-0.39, 0.29) is 6.04 Å². The maximum Gasteiger partial charge on any atom is 0.163 e. The van der Waals surface area contributed by atoms with E-state index in [1.807, 2.05) is 48.3 Å². The average molecular weight is 272 g/mol. The molecule has 4 heteroatoms. The van der Waals surface area contributed by atoms with Crippen LogP contribution in [0.5, 0.6) is 0 Å². The van der Waals surface area contributed by atoms with Crippen molar-refractivity contribution in [1.82, 2.24) is 4.98 Å². The van der Waals surface area contributed by atoms with Crippen molar-refractivity contribution in [3.05, 3.63) is 58.9 Å². The summed E-state index contributed by atoms with van der Waals surface area (Å²) in [5.74, 6) is 0. The van der Waals surface area contributed by atoms with Crippen molar-refractivity contribution in [2.75, 3.05) is 11.9 Å². The van der Waals surface area contributed by atoms with Gasteiger partial charge in [-0.05, 0) is 36.8 Å². The first kappa shape index (κ1) is 13.4. The Hall–Kier alpha value is -2.05. The summed E-state index contributed by atoms with van der Waals surface area (Å²) in [6.45, 7) is 2.07. The van der Waals surface area contributed by atoms with Crippen LogP contribution in [0.1, 0.15) is 24.2 Å². The average Bonchev–Trinajstić information content (AvgIpc) is 2.45. The Balaban J connectivity index is 2.34. The first-order chi connectivity index (χ1) is 9.13. The zero-order valence-corrected chi connectivity index (χ0v) is 11.6. The van der Waals surface area contributed by atoms with Crippen LogP contribution < -0.4 is 4.90 Å². The van der Waals surface area contributed by atoms with E-state index in [4.69, 9.17) is 16.9 Å². The number of hydrogen-bond donors (Lipinski definition) is 0. The quantitative estimate of drug-likeness (QED) is 0.852. The Kier molecular flexibility index (Phi) is 4.03. The molecule has 1 unspecified atom stereocenters. The first-order valence-electron chi connectivity index (χ1n) is 5.97. The van der Waals surface area contributed by atoms with E-state index in [1.54, 1.807) is 6.20 Å². The number of hydrogen-bond acceptors (Lipinski definition) is 3. The maximum absolute atomic E-state index is 9.10. The number of halogens is 1. The zero-order chi connectivity index (χ0) is 13.8. The van der Waals surface area contributed by atoms with Crippen molar-refractivity contribution in [3.8, 4) is 6.07 Å². The van der Waals surface area contributed by atoms with Gasteiger partial charge in [-0.2, -0.15) is 5.26 Å². The van der Waals surface area contributed by atoms with Gasteiger partial charge in [0.1, 0.15) is 6.07 Å². The van der Waals surface area contributed by atoms with Crippen molar-refractivity contribution in [2.24, 2.45) is 0 Å². The number of anilines is 1. The van der Waals surface area contributed by atoms with Gasteiger partial charge in [0.05, 0.1) is 11.7 Å². The van der Waals surface area contributed by atoms with Crippen LogP contribution in [-0.2, 0) is 0 Å². The molecule has 1 aromatic carbocycles. The lowest BCUT2D eigenvalue weighted by Gasteiger charge is -2.27. The summed E-state index contributed by atoms with van der Waals surface area (Å²) in [5, 5.41) is 9.82. The summed E-state index contributed by atoms with van der Waals surface area (Å²) < 4.78 is 0. The van der Waals surface area contributed by atoms with Gasteiger partial charge in [-0.3, -0.25) is 0 Å². The number of aromatic nitrogens is 1. The second-order valence-electron chi connectivity index (χ2n) is 4.32. The highest BCUT2D eigenvalue weighted by atomic mass is 35.5. The molecule has 3 nitrogen and oxygen atoms in total. The third kappa shape index (κ3) is 2.86. The summed E-state index contributed by atoms with van der Waals surface area (Å²) in [6.07, 6.45) is 1.62. The van der Waals surface area contributed by atoms with Crippen molar-refractivity contribution in [2.45, 2.75) is 13.0 Å². The molecule has 2 aromatic rings. The Labute approximate surface area is 118 Å². The lowest BCUT2D eigenvalue weighted by molar-refractivity contribution is 0.737. The molecule has 0 spiro atoms. The Morgan fingerprint density at radius 3 is 2.79 bits per heavy atom. The van der Waals surface area contributed by atoms with Crippen molar-refractivity contribution in [3.63, 3.8) is 0 Å². The van der Waals surface area contributed by atoms with Crippen LogP contribution in [0, 0.1) is 11.3 Å². The van der Waals surface area contributed by atoms with Crippen LogP contribution in [0.2, 0.25) is 5.02 Å². The SMILES string of the molecule is CC(c1cccc(Cl)c1)N(C)c1cccnc1C#N. The van der Waals surface area contributed by atoms with E-state index in [1.165, 1.54) is 0 Å². The number of rotatable bonds is 3. The minimum absolute atomic E-state index is 0.106.